The highest BCUT2D eigenvalue weighted by Gasteiger charge is 2.63. The molecule has 3 fully saturated rings. The zero-order chi connectivity index (χ0) is 23.3. The molecule has 1 heteroatoms. The molecule has 1 saturated heterocycles. The Morgan fingerprint density at radius 1 is 0.875 bits per heavy atom. The molecule has 5 aliphatic rings. The van der Waals surface area contributed by atoms with Crippen LogP contribution in [0, 0.1) is 45.3 Å². The number of epoxide rings is 1. The Hall–Kier alpha value is -0.300. The minimum Gasteiger partial charge on any atom is -0.367 e. The highest BCUT2D eigenvalue weighted by atomic mass is 16.6. The van der Waals surface area contributed by atoms with Crippen molar-refractivity contribution in [3.05, 3.63) is 11.1 Å². The molecule has 8 atom stereocenters. The van der Waals surface area contributed by atoms with Crippen molar-refractivity contribution in [1.29, 1.82) is 0 Å². The predicted octanol–water partition coefficient (Wildman–Crippen LogP) is 8.97. The minimum absolute atomic E-state index is 0.151. The number of hydrogen-bond donors (Lipinski definition) is 0. The lowest BCUT2D eigenvalue weighted by atomic mass is 9.42. The molecule has 182 valence electrons. The lowest BCUT2D eigenvalue weighted by molar-refractivity contribution is -0.0483. The third-order valence-corrected chi connectivity index (χ3v) is 13.1. The second kappa shape index (κ2) is 7.11. The summed E-state index contributed by atoms with van der Waals surface area (Å²) in [6, 6.07) is 0. The Labute approximate surface area is 199 Å². The Bertz CT molecular complexity index is 803. The summed E-state index contributed by atoms with van der Waals surface area (Å²) in [4.78, 5) is 0. The Morgan fingerprint density at radius 3 is 2.22 bits per heavy atom. The molecule has 0 amide bonds. The quantitative estimate of drug-likeness (QED) is 0.314. The van der Waals surface area contributed by atoms with Gasteiger partial charge < -0.3 is 4.74 Å². The first-order valence-electron chi connectivity index (χ1n) is 14.2. The van der Waals surface area contributed by atoms with Gasteiger partial charge in [0, 0.05) is 0 Å². The fraction of sp³-hybridized carbons (Fsp3) is 0.935. The van der Waals surface area contributed by atoms with E-state index in [0.717, 1.165) is 23.7 Å². The van der Waals surface area contributed by atoms with Gasteiger partial charge in [-0.3, -0.25) is 0 Å². The lowest BCUT2D eigenvalue weighted by Gasteiger charge is -2.62. The lowest BCUT2D eigenvalue weighted by Crippen LogP contribution is -2.53. The number of rotatable bonds is 4. The maximum Gasteiger partial charge on any atom is 0.0892 e. The Morgan fingerprint density at radius 2 is 1.56 bits per heavy atom. The summed E-state index contributed by atoms with van der Waals surface area (Å²) < 4.78 is 5.92. The van der Waals surface area contributed by atoms with Gasteiger partial charge in [0.2, 0.25) is 0 Å². The van der Waals surface area contributed by atoms with E-state index in [4.69, 9.17) is 4.74 Å². The largest absolute Gasteiger partial charge is 0.367 e. The molecule has 2 saturated carbocycles. The number of allylic oxidation sites excluding steroid dienone is 2. The van der Waals surface area contributed by atoms with Crippen molar-refractivity contribution in [3.63, 3.8) is 0 Å². The molecule has 1 aliphatic heterocycles. The van der Waals surface area contributed by atoms with Crippen molar-refractivity contribution in [2.45, 2.75) is 138 Å². The zero-order valence-electron chi connectivity index (χ0n) is 22.9. The van der Waals surface area contributed by atoms with E-state index in [1.807, 2.05) is 11.1 Å². The topological polar surface area (TPSA) is 12.5 Å². The summed E-state index contributed by atoms with van der Waals surface area (Å²) in [5, 5.41) is 0. The van der Waals surface area contributed by atoms with E-state index in [9.17, 15) is 0 Å². The van der Waals surface area contributed by atoms with Gasteiger partial charge in [-0.25, -0.2) is 0 Å². The van der Waals surface area contributed by atoms with E-state index >= 15 is 0 Å². The molecule has 0 spiro atoms. The predicted molar refractivity (Wildman–Crippen MR) is 136 cm³/mol. The first-order valence-corrected chi connectivity index (χ1v) is 14.2. The van der Waals surface area contributed by atoms with Gasteiger partial charge in [0.05, 0.1) is 11.7 Å². The zero-order valence-corrected chi connectivity index (χ0v) is 22.9. The van der Waals surface area contributed by atoms with E-state index in [-0.39, 0.29) is 5.60 Å². The SMILES string of the molecule is C[C@H](CC[C@@H]1OC1(C)C)[C@H]1CC[C@@]2(C)C3=C(CC[C@]12C)[C@@]1(C)CC[C@H](C)C(C)(C)C1CC3. The molecule has 0 aromatic rings. The summed E-state index contributed by atoms with van der Waals surface area (Å²) in [7, 11) is 0. The Balaban J connectivity index is 1.41. The first-order chi connectivity index (χ1) is 14.8. The van der Waals surface area contributed by atoms with Crippen LogP contribution in [0.2, 0.25) is 0 Å². The third-order valence-electron chi connectivity index (χ3n) is 13.1. The second-order valence-electron chi connectivity index (χ2n) is 14.9. The molecule has 1 nitrogen and oxygen atoms in total. The van der Waals surface area contributed by atoms with Crippen LogP contribution in [-0.4, -0.2) is 11.7 Å². The maximum absolute atomic E-state index is 5.92. The van der Waals surface area contributed by atoms with Crippen LogP contribution in [0.25, 0.3) is 0 Å². The molecule has 0 radical (unpaired) electrons. The summed E-state index contributed by atoms with van der Waals surface area (Å²) >= 11 is 0. The smallest absolute Gasteiger partial charge is 0.0892 e. The normalized spacial score (nSPS) is 49.8. The van der Waals surface area contributed by atoms with Crippen LogP contribution in [0.4, 0.5) is 0 Å². The number of ether oxygens (including phenoxy) is 1. The van der Waals surface area contributed by atoms with Crippen LogP contribution in [0.3, 0.4) is 0 Å². The van der Waals surface area contributed by atoms with Crippen LogP contribution in [0.5, 0.6) is 0 Å². The van der Waals surface area contributed by atoms with Crippen molar-refractivity contribution >= 4 is 0 Å². The standard InChI is InChI=1S/C31H52O/c1-20(10-13-26-28(5,6)32-26)22-15-18-31(9)24-11-12-25-27(3,4)21(2)14-17-29(25,7)23(24)16-19-30(22,31)8/h20-22,25-26H,10-19H2,1-9H3/t20-,21+,22-,25?,26+,29-,30-,31+/m1/s1. The molecule has 0 aromatic carbocycles. The van der Waals surface area contributed by atoms with E-state index in [0.29, 0.717) is 27.8 Å². The maximum atomic E-state index is 5.92. The molecule has 0 aromatic heterocycles. The molecule has 1 unspecified atom stereocenters. The Kier molecular flexibility index (Phi) is 5.21. The van der Waals surface area contributed by atoms with Gasteiger partial charge in [0.1, 0.15) is 0 Å². The highest BCUT2D eigenvalue weighted by Crippen LogP contribution is 2.72. The van der Waals surface area contributed by atoms with Gasteiger partial charge in [-0.05, 0) is 123 Å². The monoisotopic (exact) mass is 440 g/mol. The molecule has 1 heterocycles. The molecule has 4 aliphatic carbocycles. The van der Waals surface area contributed by atoms with Crippen LogP contribution < -0.4 is 0 Å². The fourth-order valence-corrected chi connectivity index (χ4v) is 10.2. The molecule has 0 bridgehead atoms. The van der Waals surface area contributed by atoms with Crippen molar-refractivity contribution in [3.8, 4) is 0 Å². The van der Waals surface area contributed by atoms with E-state index in [1.165, 1.54) is 64.2 Å². The summed E-state index contributed by atoms with van der Waals surface area (Å²) in [6.45, 7) is 22.9. The van der Waals surface area contributed by atoms with Crippen LogP contribution in [-0.2, 0) is 4.74 Å². The number of hydrogen-bond acceptors (Lipinski definition) is 1. The van der Waals surface area contributed by atoms with Crippen molar-refractivity contribution in [2.75, 3.05) is 0 Å². The van der Waals surface area contributed by atoms with Crippen molar-refractivity contribution < 1.29 is 4.74 Å². The van der Waals surface area contributed by atoms with Gasteiger partial charge in [0.15, 0.2) is 0 Å². The van der Waals surface area contributed by atoms with Gasteiger partial charge >= 0.3 is 0 Å². The van der Waals surface area contributed by atoms with Crippen molar-refractivity contribution in [1.82, 2.24) is 0 Å². The van der Waals surface area contributed by atoms with Gasteiger partial charge in [0.25, 0.3) is 0 Å². The number of fused-ring (bicyclic) bond motifs is 4. The van der Waals surface area contributed by atoms with Crippen molar-refractivity contribution in [2.24, 2.45) is 45.3 Å². The second-order valence-corrected chi connectivity index (χ2v) is 14.9. The van der Waals surface area contributed by atoms with Gasteiger partial charge in [-0.2, -0.15) is 0 Å². The van der Waals surface area contributed by atoms with Gasteiger partial charge in [-0.15, -0.1) is 0 Å². The van der Waals surface area contributed by atoms with E-state index in [2.05, 4.69) is 62.3 Å². The van der Waals surface area contributed by atoms with Crippen LogP contribution >= 0.6 is 0 Å². The molecular weight excluding hydrogens is 388 g/mol. The first kappa shape index (κ1) is 23.4. The fourth-order valence-electron chi connectivity index (χ4n) is 10.2. The highest BCUT2D eigenvalue weighted by molar-refractivity contribution is 5.38. The molecule has 5 rings (SSSR count). The summed E-state index contributed by atoms with van der Waals surface area (Å²) in [5.41, 5.74) is 5.94. The minimum atomic E-state index is 0.151. The van der Waals surface area contributed by atoms with Crippen LogP contribution in [0.1, 0.15) is 127 Å². The van der Waals surface area contributed by atoms with E-state index < -0.39 is 0 Å². The molecular formula is C31H52O. The third kappa shape index (κ3) is 3.04. The summed E-state index contributed by atoms with van der Waals surface area (Å²) in [6.07, 6.45) is 14.5. The molecule has 0 N–H and O–H groups in total. The molecule has 32 heavy (non-hydrogen) atoms. The average Bonchev–Trinajstić information content (AvgIpc) is 3.22. The van der Waals surface area contributed by atoms with E-state index in [1.54, 1.807) is 0 Å². The summed E-state index contributed by atoms with van der Waals surface area (Å²) in [5.74, 6) is 3.45. The van der Waals surface area contributed by atoms with Crippen LogP contribution in [0.15, 0.2) is 11.1 Å². The van der Waals surface area contributed by atoms with Gasteiger partial charge in [-0.1, -0.05) is 59.6 Å². The average molecular weight is 441 g/mol.